The van der Waals surface area contributed by atoms with Crippen molar-refractivity contribution in [1.29, 1.82) is 0 Å². The number of rotatable bonds is 0. The highest BCUT2D eigenvalue weighted by atomic mass is 32.2. The summed E-state index contributed by atoms with van der Waals surface area (Å²) in [5.74, 6) is -0.355. The molecule has 2 rings (SSSR count). The maximum absolute atomic E-state index is 11.1. The largest absolute Gasteiger partial charge is 0.283 e. The lowest BCUT2D eigenvalue weighted by Crippen LogP contribution is -2.16. The Hall–Kier alpha value is -1.23. The van der Waals surface area contributed by atoms with Gasteiger partial charge in [0, 0.05) is 5.69 Å². The van der Waals surface area contributed by atoms with E-state index in [4.69, 9.17) is 0 Å². The molecule has 1 aromatic rings. The van der Waals surface area contributed by atoms with E-state index < -0.39 is 11.0 Å². The second-order valence-electron chi connectivity index (χ2n) is 2.50. The summed E-state index contributed by atoms with van der Waals surface area (Å²) in [6.45, 7) is 1.79. The molecule has 1 aliphatic heterocycles. The number of fused-ring (bicyclic) bond motifs is 1. The van der Waals surface area contributed by atoms with Crippen molar-refractivity contribution in [1.82, 2.24) is 9.71 Å². The molecule has 12 heavy (non-hydrogen) atoms. The molecule has 62 valence electrons. The Morgan fingerprint density at radius 3 is 3.00 bits per heavy atom. The third-order valence-corrected chi connectivity index (χ3v) is 2.70. The molecule has 2 heterocycles. The van der Waals surface area contributed by atoms with Crippen LogP contribution < -0.4 is 4.72 Å². The summed E-state index contributed by atoms with van der Waals surface area (Å²) in [6, 6.07) is 3.39. The molecule has 0 radical (unpaired) electrons. The molecule has 4 nitrogen and oxygen atoms in total. The Kier molecular flexibility index (Phi) is 1.47. The van der Waals surface area contributed by atoms with Crippen LogP contribution in [0.3, 0.4) is 0 Å². The molecule has 1 unspecified atom stereocenters. The van der Waals surface area contributed by atoms with Gasteiger partial charge in [-0.25, -0.2) is 9.19 Å². The highest BCUT2D eigenvalue weighted by Crippen LogP contribution is 2.16. The van der Waals surface area contributed by atoms with Crippen LogP contribution in [0.25, 0.3) is 0 Å². The molecule has 1 aliphatic rings. The van der Waals surface area contributed by atoms with Gasteiger partial charge in [-0.1, -0.05) is 0 Å². The van der Waals surface area contributed by atoms with Gasteiger partial charge in [-0.05, 0) is 19.1 Å². The van der Waals surface area contributed by atoms with Crippen LogP contribution in [-0.2, 0) is 11.0 Å². The molecule has 1 atom stereocenters. The van der Waals surface area contributed by atoms with Gasteiger partial charge in [0.15, 0.2) is 11.0 Å². The third-order valence-electron chi connectivity index (χ3n) is 1.60. The minimum atomic E-state index is -1.40. The smallest absolute Gasteiger partial charge is 0.266 e. The van der Waals surface area contributed by atoms with Gasteiger partial charge in [0.05, 0.1) is 4.90 Å². The Labute approximate surface area is 71.6 Å². The van der Waals surface area contributed by atoms with E-state index >= 15 is 0 Å². The van der Waals surface area contributed by atoms with Crippen molar-refractivity contribution in [2.24, 2.45) is 0 Å². The summed E-state index contributed by atoms with van der Waals surface area (Å²) in [4.78, 5) is 15.5. The van der Waals surface area contributed by atoms with Crippen LogP contribution in [0.4, 0.5) is 0 Å². The number of pyridine rings is 1. The number of carbonyl (C=O) groups excluding carboxylic acids is 1. The number of aryl methyl sites for hydroxylation is 1. The Morgan fingerprint density at radius 2 is 2.25 bits per heavy atom. The minimum Gasteiger partial charge on any atom is -0.266 e. The first-order valence-electron chi connectivity index (χ1n) is 3.39. The fraction of sp³-hybridized carbons (Fsp3) is 0.143. The van der Waals surface area contributed by atoms with Gasteiger partial charge in [-0.3, -0.25) is 9.52 Å². The predicted molar refractivity (Wildman–Crippen MR) is 42.8 cm³/mol. The van der Waals surface area contributed by atoms with Gasteiger partial charge in [0.25, 0.3) is 5.91 Å². The number of hydrogen-bond acceptors (Lipinski definition) is 3. The zero-order valence-electron chi connectivity index (χ0n) is 6.33. The van der Waals surface area contributed by atoms with Crippen LogP contribution in [-0.4, -0.2) is 15.1 Å². The van der Waals surface area contributed by atoms with Crippen LogP contribution >= 0.6 is 0 Å². The third kappa shape index (κ3) is 0.937. The van der Waals surface area contributed by atoms with Crippen molar-refractivity contribution in [3.8, 4) is 0 Å². The zero-order valence-corrected chi connectivity index (χ0v) is 7.14. The summed E-state index contributed by atoms with van der Waals surface area (Å²) in [7, 11) is -1.40. The van der Waals surface area contributed by atoms with Crippen molar-refractivity contribution in [3.05, 3.63) is 23.5 Å². The van der Waals surface area contributed by atoms with E-state index in [-0.39, 0.29) is 11.6 Å². The minimum absolute atomic E-state index is 0.285. The Balaban J connectivity index is 2.68. The normalized spacial score (nSPS) is 20.4. The number of hydrogen-bond donors (Lipinski definition) is 1. The maximum Gasteiger partial charge on any atom is 0.283 e. The monoisotopic (exact) mass is 182 g/mol. The molecule has 0 fully saturated rings. The number of nitrogens with one attached hydrogen (secondary N) is 1. The maximum atomic E-state index is 11.1. The fourth-order valence-electron chi connectivity index (χ4n) is 1.04. The van der Waals surface area contributed by atoms with E-state index in [1.54, 1.807) is 19.1 Å². The average molecular weight is 182 g/mol. The van der Waals surface area contributed by atoms with E-state index in [9.17, 15) is 9.00 Å². The van der Waals surface area contributed by atoms with E-state index in [1.165, 1.54) is 0 Å². The first-order valence-corrected chi connectivity index (χ1v) is 4.54. The first-order chi connectivity index (χ1) is 5.68. The molecular formula is C7H6N2O2S. The van der Waals surface area contributed by atoms with Crippen molar-refractivity contribution in [2.45, 2.75) is 11.8 Å². The molecular weight excluding hydrogens is 176 g/mol. The quantitative estimate of drug-likeness (QED) is 0.621. The zero-order chi connectivity index (χ0) is 8.72. The SMILES string of the molecule is Cc1ccc2c(n1)C(=O)NS2=O. The molecule has 1 aromatic heterocycles. The average Bonchev–Trinajstić information content (AvgIpc) is 2.28. The van der Waals surface area contributed by atoms with Gasteiger partial charge in [0.1, 0.15) is 5.69 Å². The number of aromatic nitrogens is 1. The molecule has 0 bridgehead atoms. The van der Waals surface area contributed by atoms with Crippen molar-refractivity contribution < 1.29 is 9.00 Å². The lowest BCUT2D eigenvalue weighted by molar-refractivity contribution is 0.0981. The fourth-order valence-corrected chi connectivity index (χ4v) is 1.92. The van der Waals surface area contributed by atoms with Gasteiger partial charge < -0.3 is 0 Å². The van der Waals surface area contributed by atoms with E-state index in [2.05, 4.69) is 9.71 Å². The van der Waals surface area contributed by atoms with Crippen LogP contribution in [0.5, 0.6) is 0 Å². The van der Waals surface area contributed by atoms with Gasteiger partial charge >= 0.3 is 0 Å². The molecule has 1 amide bonds. The van der Waals surface area contributed by atoms with Crippen molar-refractivity contribution in [2.75, 3.05) is 0 Å². The predicted octanol–water partition coefficient (Wildman–Crippen LogP) is 0.156. The molecule has 0 saturated heterocycles. The Bertz CT molecular complexity index is 389. The van der Waals surface area contributed by atoms with Crippen LogP contribution in [0.15, 0.2) is 17.0 Å². The summed E-state index contributed by atoms with van der Waals surface area (Å²) in [5, 5.41) is 0. The van der Waals surface area contributed by atoms with Crippen molar-refractivity contribution in [3.63, 3.8) is 0 Å². The highest BCUT2D eigenvalue weighted by molar-refractivity contribution is 7.84. The highest BCUT2D eigenvalue weighted by Gasteiger charge is 2.26. The molecule has 1 N–H and O–H groups in total. The topological polar surface area (TPSA) is 59.1 Å². The van der Waals surface area contributed by atoms with Gasteiger partial charge in [-0.2, -0.15) is 0 Å². The number of nitrogens with zero attached hydrogens (tertiary/aromatic N) is 1. The Morgan fingerprint density at radius 1 is 1.50 bits per heavy atom. The lowest BCUT2D eigenvalue weighted by atomic mass is 10.3. The second-order valence-corrected chi connectivity index (χ2v) is 3.68. The molecule has 0 aromatic carbocycles. The molecule has 0 aliphatic carbocycles. The lowest BCUT2D eigenvalue weighted by Gasteiger charge is -1.93. The van der Waals surface area contributed by atoms with E-state index in [0.29, 0.717) is 4.90 Å². The number of carbonyl (C=O) groups is 1. The number of amides is 1. The summed E-state index contributed by atoms with van der Waals surface area (Å²) in [6.07, 6.45) is 0. The second kappa shape index (κ2) is 2.38. The van der Waals surface area contributed by atoms with Crippen LogP contribution in [0, 0.1) is 6.92 Å². The molecule has 0 saturated carbocycles. The summed E-state index contributed by atoms with van der Waals surface area (Å²) >= 11 is 0. The standard InChI is InChI=1S/C7H6N2O2S/c1-4-2-3-5-6(8-4)7(10)9-12(5)11/h2-3H,1H3,(H,9,10). The van der Waals surface area contributed by atoms with Crippen LogP contribution in [0.1, 0.15) is 16.2 Å². The summed E-state index contributed by atoms with van der Waals surface area (Å²) < 4.78 is 13.4. The van der Waals surface area contributed by atoms with Crippen LogP contribution in [0.2, 0.25) is 0 Å². The van der Waals surface area contributed by atoms with Gasteiger partial charge in [0.2, 0.25) is 0 Å². The molecule has 5 heteroatoms. The van der Waals surface area contributed by atoms with Crippen molar-refractivity contribution >= 4 is 16.9 Å². The first kappa shape index (κ1) is 7.42. The molecule has 0 spiro atoms. The van der Waals surface area contributed by atoms with E-state index in [1.807, 2.05) is 0 Å². The van der Waals surface area contributed by atoms with E-state index in [0.717, 1.165) is 5.69 Å². The summed E-state index contributed by atoms with van der Waals surface area (Å²) in [5.41, 5.74) is 1.04. The van der Waals surface area contributed by atoms with Gasteiger partial charge in [-0.15, -0.1) is 0 Å².